The van der Waals surface area contributed by atoms with Gasteiger partial charge in [0.15, 0.2) is 11.5 Å². The third-order valence-corrected chi connectivity index (χ3v) is 9.12. The molecule has 0 bridgehead atoms. The van der Waals surface area contributed by atoms with Gasteiger partial charge < -0.3 is 42.0 Å². The number of nitrogen functional groups attached to an aromatic ring is 2. The maximum atomic E-state index is 11.6. The van der Waals surface area contributed by atoms with E-state index in [-0.39, 0.29) is 35.3 Å². The monoisotopic (exact) mass is 836 g/mol. The van der Waals surface area contributed by atoms with E-state index in [4.69, 9.17) is 26.0 Å². The van der Waals surface area contributed by atoms with Crippen molar-refractivity contribution in [3.63, 3.8) is 0 Å². The number of benzene rings is 2. The second-order valence-electron chi connectivity index (χ2n) is 12.6. The Morgan fingerprint density at radius 2 is 1.15 bits per heavy atom. The predicted molar refractivity (Wildman–Crippen MR) is 219 cm³/mol. The second kappa shape index (κ2) is 18.6. The van der Waals surface area contributed by atoms with Crippen molar-refractivity contribution in [1.29, 1.82) is 0 Å². The van der Waals surface area contributed by atoms with E-state index in [1.165, 1.54) is 10.8 Å². The van der Waals surface area contributed by atoms with Crippen molar-refractivity contribution in [2.45, 2.75) is 18.0 Å². The van der Waals surface area contributed by atoms with E-state index in [0.717, 1.165) is 34.7 Å². The molecule has 22 nitrogen and oxygen atoms in total. The Kier molecular flexibility index (Phi) is 13.0. The number of rotatable bonds is 11. The van der Waals surface area contributed by atoms with Crippen LogP contribution in [-0.2, 0) is 22.7 Å². The Morgan fingerprint density at radius 3 is 1.60 bits per heavy atom. The van der Waals surface area contributed by atoms with E-state index in [0.29, 0.717) is 53.3 Å². The number of amides is 2. The highest BCUT2D eigenvalue weighted by molar-refractivity contribution is 7.90. The number of nitrogens with one attached hydrogen (secondary N) is 3. The van der Waals surface area contributed by atoms with Crippen molar-refractivity contribution in [1.82, 2.24) is 59.8 Å². The van der Waals surface area contributed by atoms with Crippen LogP contribution in [0.15, 0.2) is 99.3 Å². The molecule has 0 spiro atoms. The van der Waals surface area contributed by atoms with Gasteiger partial charge in [-0.2, -0.15) is 38.9 Å². The molecule has 6 heterocycles. The number of fused-ring (bicyclic) bond motifs is 2. The lowest BCUT2D eigenvalue weighted by atomic mass is 10.1. The first-order valence-corrected chi connectivity index (χ1v) is 19.9. The van der Waals surface area contributed by atoms with Crippen molar-refractivity contribution < 1.29 is 26.8 Å². The summed E-state index contributed by atoms with van der Waals surface area (Å²) in [4.78, 5) is 47.1. The summed E-state index contributed by atoms with van der Waals surface area (Å²) in [5, 5.41) is 16.2. The minimum atomic E-state index is -3.57. The van der Waals surface area contributed by atoms with Gasteiger partial charge in [-0.1, -0.05) is 24.3 Å². The first-order chi connectivity index (χ1) is 28.9. The maximum Gasteiger partial charge on any atom is 0.259 e. The van der Waals surface area contributed by atoms with Gasteiger partial charge in [-0.25, -0.2) is 8.42 Å². The average Bonchev–Trinajstić information content (AvgIpc) is 4.09. The highest BCUT2D eigenvalue weighted by atomic mass is 32.2. The molecule has 0 aliphatic carbocycles. The largest absolute Gasteiger partial charge is 0.461 e. The summed E-state index contributed by atoms with van der Waals surface area (Å²) in [6, 6.07) is 21.7. The summed E-state index contributed by atoms with van der Waals surface area (Å²) >= 11 is 0. The van der Waals surface area contributed by atoms with E-state index in [9.17, 15) is 18.0 Å². The molecule has 60 heavy (non-hydrogen) atoms. The van der Waals surface area contributed by atoms with Gasteiger partial charge in [0.2, 0.25) is 39.3 Å². The number of carbonyl (C=O) groups is 2. The zero-order valence-corrected chi connectivity index (χ0v) is 33.3. The molecule has 0 atom stereocenters. The fourth-order valence-corrected chi connectivity index (χ4v) is 5.78. The number of furan rings is 2. The molecule has 310 valence electrons. The Labute approximate surface area is 341 Å². The molecule has 0 unspecified atom stereocenters. The number of hydrogen-bond acceptors (Lipinski definition) is 18. The molecule has 2 amide bonds. The summed E-state index contributed by atoms with van der Waals surface area (Å²) < 4.78 is 35.8. The lowest BCUT2D eigenvalue weighted by Gasteiger charge is -2.06. The molecular formula is C37H40N16O6S. The Hall–Kier alpha value is -7.79. The van der Waals surface area contributed by atoms with E-state index in [2.05, 4.69) is 56.1 Å². The van der Waals surface area contributed by atoms with Crippen molar-refractivity contribution in [2.24, 2.45) is 5.73 Å². The molecule has 23 heteroatoms. The van der Waals surface area contributed by atoms with Crippen LogP contribution in [-0.4, -0.2) is 103 Å². The Bertz CT molecular complexity index is 2810. The lowest BCUT2D eigenvalue weighted by molar-refractivity contribution is 0.0955. The Morgan fingerprint density at radius 1 is 0.667 bits per heavy atom. The van der Waals surface area contributed by atoms with Gasteiger partial charge in [0.1, 0.15) is 0 Å². The minimum absolute atomic E-state index is 0.0410. The van der Waals surface area contributed by atoms with Gasteiger partial charge in [0, 0.05) is 38.0 Å². The molecule has 2 aromatic carbocycles. The van der Waals surface area contributed by atoms with Crippen LogP contribution in [0.4, 0.5) is 17.8 Å². The predicted octanol–water partition coefficient (Wildman–Crippen LogP) is 1.69. The van der Waals surface area contributed by atoms with Crippen LogP contribution in [0.3, 0.4) is 0 Å². The van der Waals surface area contributed by atoms with Crippen LogP contribution in [0.1, 0.15) is 31.8 Å². The van der Waals surface area contributed by atoms with Crippen molar-refractivity contribution in [3.05, 3.63) is 108 Å². The molecule has 8 aromatic rings. The highest BCUT2D eigenvalue weighted by Gasteiger charge is 2.19. The molecule has 0 radical (unpaired) electrons. The average molecular weight is 837 g/mol. The van der Waals surface area contributed by atoms with Crippen LogP contribution in [0.5, 0.6) is 0 Å². The van der Waals surface area contributed by atoms with E-state index >= 15 is 0 Å². The second-order valence-corrected chi connectivity index (χ2v) is 14.5. The number of carbonyl (C=O) groups excluding carboxylic acids is 2. The summed E-state index contributed by atoms with van der Waals surface area (Å²) in [6.07, 6.45) is 5.59. The van der Waals surface area contributed by atoms with Crippen LogP contribution in [0, 0.1) is 0 Å². The van der Waals surface area contributed by atoms with Crippen LogP contribution >= 0.6 is 0 Å². The zero-order chi connectivity index (χ0) is 42.8. The lowest BCUT2D eigenvalue weighted by Crippen LogP contribution is -2.17. The molecular weight excluding hydrogens is 797 g/mol. The third kappa shape index (κ3) is 10.2. The molecule has 0 saturated carbocycles. The van der Waals surface area contributed by atoms with Crippen LogP contribution < -0.4 is 33.2 Å². The normalized spacial score (nSPS) is 11.0. The van der Waals surface area contributed by atoms with Crippen molar-refractivity contribution in [3.8, 4) is 23.2 Å². The number of aromatic nitrogens is 10. The molecule has 0 saturated heterocycles. The number of nitrogens with zero attached hydrogens (tertiary/aromatic N) is 10. The van der Waals surface area contributed by atoms with Crippen molar-refractivity contribution in [2.75, 3.05) is 50.2 Å². The molecule has 9 N–H and O–H groups in total. The highest BCUT2D eigenvalue weighted by Crippen LogP contribution is 2.19. The van der Waals surface area contributed by atoms with Crippen LogP contribution in [0.25, 0.3) is 34.7 Å². The van der Waals surface area contributed by atoms with Gasteiger partial charge in [-0.05, 0) is 79.0 Å². The maximum absolute atomic E-state index is 11.6. The van der Waals surface area contributed by atoms with Crippen molar-refractivity contribution >= 4 is 51.1 Å². The summed E-state index contributed by atoms with van der Waals surface area (Å²) in [6.45, 7) is 1.23. The number of hydrogen-bond donors (Lipinski definition) is 6. The van der Waals surface area contributed by atoms with E-state index in [1.807, 2.05) is 36.4 Å². The van der Waals surface area contributed by atoms with Gasteiger partial charge in [0.05, 0.1) is 12.5 Å². The zero-order valence-electron chi connectivity index (χ0n) is 32.5. The molecule has 6 aromatic heterocycles. The van der Waals surface area contributed by atoms with Gasteiger partial charge in [-0.3, -0.25) is 9.59 Å². The fraction of sp³-hybridized carbons (Fsp3) is 0.189. The minimum Gasteiger partial charge on any atom is -0.461 e. The van der Waals surface area contributed by atoms with Gasteiger partial charge >= 0.3 is 0 Å². The molecule has 0 fully saturated rings. The molecule has 0 aliphatic heterocycles. The fourth-order valence-electron chi connectivity index (χ4n) is 5.28. The third-order valence-electron chi connectivity index (χ3n) is 8.28. The van der Waals surface area contributed by atoms with Gasteiger partial charge in [-0.15, -0.1) is 10.2 Å². The smallest absolute Gasteiger partial charge is 0.259 e. The SMILES string of the molecule is CNC(=O)c1ccc(CCN)cc1.CNC(=O)c1ccc(CCNc2nc(N)n3nc(-c4ccco4)nc3n2)cc1.CS(=O)(=O)c1nc(N)n2nc(-c3ccco3)nc2n1. The summed E-state index contributed by atoms with van der Waals surface area (Å²) in [5.41, 5.74) is 20.6. The van der Waals surface area contributed by atoms with E-state index in [1.54, 1.807) is 56.8 Å². The summed E-state index contributed by atoms with van der Waals surface area (Å²) in [5.74, 6) is 2.22. The quantitative estimate of drug-likeness (QED) is 0.108. The van der Waals surface area contributed by atoms with Gasteiger partial charge in [0.25, 0.3) is 28.5 Å². The standard InChI is InChI=1S/C18H18N8O2.C10H14N2O.C9H8N6O3S/c1-20-15(27)12-6-4-11(5-7-12)8-9-21-17-23-16(19)26-18(24-17)22-14(25-26)13-3-2-10-28-13;1-12-10(13)9-4-2-8(3-5-9)6-7-11;1-19(16,17)9-12-7(10)15-8(13-9)11-6(14-15)5-3-2-4-18-5/h2-7,10H,8-9H2,1H3,(H,20,27)(H3,19,21,22,23,24,25);2-5H,6-7,11H2,1H3,(H,12,13);2-4H,1H3,(H2,10,11,12,13,14). The summed E-state index contributed by atoms with van der Waals surface area (Å²) in [7, 11) is -0.340. The first kappa shape index (κ1) is 41.8. The number of nitrogens with two attached hydrogens (primary N) is 3. The number of anilines is 3. The first-order valence-electron chi connectivity index (χ1n) is 18.0. The molecule has 0 aliphatic rings. The topological polar surface area (TPSA) is 321 Å². The Balaban J connectivity index is 0.000000163. The molecule has 8 rings (SSSR count). The van der Waals surface area contributed by atoms with E-state index < -0.39 is 15.0 Å². The van der Waals surface area contributed by atoms with Crippen LogP contribution in [0.2, 0.25) is 0 Å². The number of sulfone groups is 1.